The highest BCUT2D eigenvalue weighted by Crippen LogP contribution is 2.14. The minimum absolute atomic E-state index is 1.05. The monoisotopic (exact) mass is 161 g/mol. The lowest BCUT2D eigenvalue weighted by atomic mass is 10.1. The van der Waals surface area contributed by atoms with Gasteiger partial charge in [0.2, 0.25) is 0 Å². The second kappa shape index (κ2) is 3.44. The van der Waals surface area contributed by atoms with Gasteiger partial charge in [-0.15, -0.1) is 0 Å². The van der Waals surface area contributed by atoms with Crippen LogP contribution < -0.4 is 0 Å². The van der Waals surface area contributed by atoms with Gasteiger partial charge in [0.25, 0.3) is 0 Å². The highest BCUT2D eigenvalue weighted by atomic mass is 15.1. The third-order valence-electron chi connectivity index (χ3n) is 1.89. The van der Waals surface area contributed by atoms with Crippen molar-refractivity contribution in [3.05, 3.63) is 42.0 Å². The molecule has 0 atom stereocenters. The molecule has 0 aliphatic heterocycles. The number of benzene rings is 1. The van der Waals surface area contributed by atoms with Gasteiger partial charge in [0, 0.05) is 19.8 Å². The lowest BCUT2D eigenvalue weighted by molar-refractivity contribution is 0.593. The fraction of sp³-hybridized carbons (Fsp3) is 0.273. The molecule has 0 spiro atoms. The van der Waals surface area contributed by atoms with Crippen molar-refractivity contribution in [1.82, 2.24) is 4.90 Å². The average molecular weight is 161 g/mol. The molecule has 0 aliphatic rings. The van der Waals surface area contributed by atoms with Crippen LogP contribution in [0.15, 0.2) is 30.8 Å². The zero-order valence-corrected chi connectivity index (χ0v) is 7.96. The summed E-state index contributed by atoms with van der Waals surface area (Å²) in [6, 6.07) is 8.36. The van der Waals surface area contributed by atoms with E-state index in [1.165, 1.54) is 11.1 Å². The Bertz CT molecular complexity index is 287. The van der Waals surface area contributed by atoms with Crippen molar-refractivity contribution in [2.75, 3.05) is 14.1 Å². The van der Waals surface area contributed by atoms with E-state index in [1.807, 2.05) is 19.0 Å². The first-order valence-electron chi connectivity index (χ1n) is 4.04. The number of nitrogens with zero attached hydrogens (tertiary/aromatic N) is 1. The topological polar surface area (TPSA) is 3.24 Å². The van der Waals surface area contributed by atoms with Crippen molar-refractivity contribution in [1.29, 1.82) is 0 Å². The molecule has 1 heteroatoms. The fourth-order valence-corrected chi connectivity index (χ4v) is 1.08. The average Bonchev–Trinajstić information content (AvgIpc) is 2.03. The summed E-state index contributed by atoms with van der Waals surface area (Å²) in [7, 11) is 4.01. The molecule has 0 radical (unpaired) electrons. The summed E-state index contributed by atoms with van der Waals surface area (Å²) < 4.78 is 0. The van der Waals surface area contributed by atoms with Crippen LogP contribution in [0.4, 0.5) is 0 Å². The quantitative estimate of drug-likeness (QED) is 0.644. The molecule has 0 heterocycles. The first kappa shape index (κ1) is 8.85. The molecule has 1 rings (SSSR count). The third kappa shape index (κ3) is 1.88. The van der Waals surface area contributed by atoms with Crippen LogP contribution >= 0.6 is 0 Å². The number of rotatable bonds is 2. The van der Waals surface area contributed by atoms with Crippen LogP contribution in [0.2, 0.25) is 0 Å². The molecule has 0 aliphatic carbocycles. The van der Waals surface area contributed by atoms with Crippen molar-refractivity contribution in [3.63, 3.8) is 0 Å². The van der Waals surface area contributed by atoms with Gasteiger partial charge in [-0.05, 0) is 18.6 Å². The molecule has 0 saturated heterocycles. The first-order valence-corrected chi connectivity index (χ1v) is 4.04. The van der Waals surface area contributed by atoms with Crippen molar-refractivity contribution in [3.8, 4) is 0 Å². The Balaban J connectivity index is 2.96. The first-order chi connectivity index (χ1) is 5.61. The van der Waals surface area contributed by atoms with Crippen molar-refractivity contribution in [2.45, 2.75) is 6.92 Å². The van der Waals surface area contributed by atoms with E-state index >= 15 is 0 Å². The maximum Gasteiger partial charge on any atom is 0.0361 e. The van der Waals surface area contributed by atoms with Crippen molar-refractivity contribution >= 4 is 5.70 Å². The molecule has 64 valence electrons. The Morgan fingerprint density at radius 3 is 2.50 bits per heavy atom. The van der Waals surface area contributed by atoms with Gasteiger partial charge in [-0.2, -0.15) is 0 Å². The van der Waals surface area contributed by atoms with Gasteiger partial charge < -0.3 is 4.90 Å². The third-order valence-corrected chi connectivity index (χ3v) is 1.89. The fourth-order valence-electron chi connectivity index (χ4n) is 1.08. The standard InChI is InChI=1S/C11H15N/c1-9-6-5-7-11(8-9)10(2)12(3)4/h5-8H,2H2,1,3-4H3. The lowest BCUT2D eigenvalue weighted by Gasteiger charge is -2.15. The van der Waals surface area contributed by atoms with E-state index < -0.39 is 0 Å². The molecular formula is C11H15N. The second-order valence-corrected chi connectivity index (χ2v) is 3.21. The molecule has 1 aromatic carbocycles. The highest BCUT2D eigenvalue weighted by molar-refractivity contribution is 5.61. The van der Waals surface area contributed by atoms with E-state index in [9.17, 15) is 0 Å². The van der Waals surface area contributed by atoms with Crippen LogP contribution in [-0.2, 0) is 0 Å². The summed E-state index contributed by atoms with van der Waals surface area (Å²) in [5, 5.41) is 0. The molecule has 0 aromatic heterocycles. The summed E-state index contributed by atoms with van der Waals surface area (Å²) in [5.74, 6) is 0. The van der Waals surface area contributed by atoms with Crippen LogP contribution in [0.3, 0.4) is 0 Å². The maximum absolute atomic E-state index is 3.99. The number of hydrogen-bond donors (Lipinski definition) is 0. The van der Waals surface area contributed by atoms with Gasteiger partial charge in [-0.3, -0.25) is 0 Å². The Kier molecular flexibility index (Phi) is 2.54. The smallest absolute Gasteiger partial charge is 0.0361 e. The van der Waals surface area contributed by atoms with Gasteiger partial charge in [0.15, 0.2) is 0 Å². The SMILES string of the molecule is C=C(c1cccc(C)c1)N(C)C. The second-order valence-electron chi connectivity index (χ2n) is 3.21. The van der Waals surface area contributed by atoms with Gasteiger partial charge >= 0.3 is 0 Å². The molecule has 1 nitrogen and oxygen atoms in total. The summed E-state index contributed by atoms with van der Waals surface area (Å²) >= 11 is 0. The number of hydrogen-bond acceptors (Lipinski definition) is 1. The predicted molar refractivity (Wildman–Crippen MR) is 53.9 cm³/mol. The molecule has 0 saturated carbocycles. The van der Waals surface area contributed by atoms with E-state index in [-0.39, 0.29) is 0 Å². The van der Waals surface area contributed by atoms with Crippen LogP contribution in [0.5, 0.6) is 0 Å². The molecule has 0 unspecified atom stereocenters. The molecule has 0 amide bonds. The Morgan fingerprint density at radius 2 is 2.00 bits per heavy atom. The minimum Gasteiger partial charge on any atom is -0.378 e. The number of aryl methyl sites for hydroxylation is 1. The van der Waals surface area contributed by atoms with Crippen molar-refractivity contribution in [2.24, 2.45) is 0 Å². The Morgan fingerprint density at radius 1 is 1.33 bits per heavy atom. The maximum atomic E-state index is 3.99. The zero-order valence-electron chi connectivity index (χ0n) is 7.96. The van der Waals surface area contributed by atoms with Crippen LogP contribution in [0.1, 0.15) is 11.1 Å². The van der Waals surface area contributed by atoms with Gasteiger partial charge in [-0.1, -0.05) is 30.3 Å². The lowest BCUT2D eigenvalue weighted by Crippen LogP contribution is -2.08. The van der Waals surface area contributed by atoms with Gasteiger partial charge in [-0.25, -0.2) is 0 Å². The summed E-state index contributed by atoms with van der Waals surface area (Å²) in [4.78, 5) is 2.02. The Labute approximate surface area is 74.3 Å². The summed E-state index contributed by atoms with van der Waals surface area (Å²) in [6.45, 7) is 6.08. The predicted octanol–water partition coefficient (Wildman–Crippen LogP) is 2.53. The molecule has 0 N–H and O–H groups in total. The van der Waals surface area contributed by atoms with Crippen LogP contribution in [-0.4, -0.2) is 19.0 Å². The van der Waals surface area contributed by atoms with E-state index in [4.69, 9.17) is 0 Å². The summed E-state index contributed by atoms with van der Waals surface area (Å²) in [5.41, 5.74) is 3.52. The van der Waals surface area contributed by atoms with E-state index in [0.717, 1.165) is 5.70 Å². The molecule has 0 bridgehead atoms. The minimum atomic E-state index is 1.05. The molecule has 12 heavy (non-hydrogen) atoms. The van der Waals surface area contributed by atoms with Crippen LogP contribution in [0.25, 0.3) is 5.70 Å². The largest absolute Gasteiger partial charge is 0.378 e. The Hall–Kier alpha value is -1.24. The van der Waals surface area contributed by atoms with Gasteiger partial charge in [0.05, 0.1) is 0 Å². The summed E-state index contributed by atoms with van der Waals surface area (Å²) in [6.07, 6.45) is 0. The van der Waals surface area contributed by atoms with Crippen LogP contribution in [0, 0.1) is 6.92 Å². The van der Waals surface area contributed by atoms with E-state index in [0.29, 0.717) is 0 Å². The normalized spacial score (nSPS) is 9.58. The molecule has 1 aromatic rings. The molecule has 0 fully saturated rings. The van der Waals surface area contributed by atoms with Crippen molar-refractivity contribution < 1.29 is 0 Å². The molecular weight excluding hydrogens is 146 g/mol. The van der Waals surface area contributed by atoms with Gasteiger partial charge in [0.1, 0.15) is 0 Å². The van der Waals surface area contributed by atoms with E-state index in [2.05, 4.69) is 37.8 Å². The zero-order chi connectivity index (χ0) is 9.14. The highest BCUT2D eigenvalue weighted by Gasteiger charge is 1.99. The van der Waals surface area contributed by atoms with E-state index in [1.54, 1.807) is 0 Å².